The van der Waals surface area contributed by atoms with Crippen LogP contribution < -0.4 is 0 Å². The lowest BCUT2D eigenvalue weighted by Gasteiger charge is -2.12. The average Bonchev–Trinajstić information content (AvgIpc) is 3.18. The predicted molar refractivity (Wildman–Crippen MR) is 124 cm³/mol. The van der Waals surface area contributed by atoms with Crippen LogP contribution in [0, 0.1) is 13.8 Å². The maximum absolute atomic E-state index is 3.77. The number of aromatic amines is 1. The number of H-pyrrole nitrogens is 1. The molecule has 5 rings (SSSR count). The number of nitrogens with one attached hydrogen (secondary N) is 1. The van der Waals surface area contributed by atoms with Gasteiger partial charge < -0.3 is 4.98 Å². The highest BCUT2D eigenvalue weighted by molar-refractivity contribution is 6.07. The van der Waals surface area contributed by atoms with Gasteiger partial charge in [-0.25, -0.2) is 0 Å². The van der Waals surface area contributed by atoms with Crippen molar-refractivity contribution in [1.29, 1.82) is 0 Å². The van der Waals surface area contributed by atoms with Crippen LogP contribution in [0.15, 0.2) is 97.1 Å². The van der Waals surface area contributed by atoms with Crippen molar-refractivity contribution in [3.63, 3.8) is 0 Å². The van der Waals surface area contributed by atoms with Gasteiger partial charge in [0.1, 0.15) is 0 Å². The van der Waals surface area contributed by atoms with E-state index in [9.17, 15) is 0 Å². The summed E-state index contributed by atoms with van der Waals surface area (Å²) < 4.78 is 0. The second kappa shape index (κ2) is 7.10. The molecule has 0 amide bonds. The Kier molecular flexibility index (Phi) is 4.29. The van der Waals surface area contributed by atoms with E-state index < -0.39 is 0 Å². The van der Waals surface area contributed by atoms with Gasteiger partial charge in [0.25, 0.3) is 0 Å². The minimum Gasteiger partial charge on any atom is -0.354 e. The summed E-state index contributed by atoms with van der Waals surface area (Å²) in [6.07, 6.45) is 0. The number of benzene rings is 4. The molecule has 0 saturated heterocycles. The molecule has 0 atom stereocenters. The van der Waals surface area contributed by atoms with Gasteiger partial charge >= 0.3 is 0 Å². The average molecular weight is 373 g/mol. The zero-order chi connectivity index (χ0) is 19.8. The van der Waals surface area contributed by atoms with Crippen LogP contribution in [0.5, 0.6) is 0 Å². The fraction of sp³-hybridized carbons (Fsp3) is 0.0714. The van der Waals surface area contributed by atoms with E-state index in [0.29, 0.717) is 0 Å². The number of hydrogen-bond donors (Lipinski definition) is 1. The van der Waals surface area contributed by atoms with Crippen LogP contribution >= 0.6 is 0 Å². The minimum absolute atomic E-state index is 1.18. The zero-order valence-corrected chi connectivity index (χ0v) is 16.7. The van der Waals surface area contributed by atoms with Gasteiger partial charge in [0.2, 0.25) is 0 Å². The minimum atomic E-state index is 1.18. The molecular weight excluding hydrogens is 350 g/mol. The monoisotopic (exact) mass is 373 g/mol. The van der Waals surface area contributed by atoms with Gasteiger partial charge in [-0.2, -0.15) is 0 Å². The Morgan fingerprint density at radius 2 is 1.14 bits per heavy atom. The predicted octanol–water partition coefficient (Wildman–Crippen LogP) is 7.79. The van der Waals surface area contributed by atoms with Gasteiger partial charge in [-0.1, -0.05) is 97.1 Å². The molecule has 1 nitrogen and oxygen atoms in total. The van der Waals surface area contributed by atoms with Crippen molar-refractivity contribution >= 4 is 10.9 Å². The van der Waals surface area contributed by atoms with Crippen molar-refractivity contribution in [2.45, 2.75) is 13.8 Å². The Morgan fingerprint density at radius 1 is 0.552 bits per heavy atom. The van der Waals surface area contributed by atoms with E-state index in [1.54, 1.807) is 0 Å². The summed E-state index contributed by atoms with van der Waals surface area (Å²) in [5.74, 6) is 0. The molecule has 0 aliphatic heterocycles. The third kappa shape index (κ3) is 2.96. The molecule has 0 fully saturated rings. The Labute approximate surface area is 171 Å². The van der Waals surface area contributed by atoms with Crippen molar-refractivity contribution in [3.05, 3.63) is 108 Å². The molecule has 4 aromatic carbocycles. The van der Waals surface area contributed by atoms with Crippen molar-refractivity contribution in [2.24, 2.45) is 0 Å². The largest absolute Gasteiger partial charge is 0.354 e. The maximum atomic E-state index is 3.77. The zero-order valence-electron chi connectivity index (χ0n) is 16.7. The SMILES string of the molecule is Cc1ccc2c(-c3ccccc3-c3ccccc3)c(-c3ccccc3)[nH]c2c1C. The van der Waals surface area contributed by atoms with Gasteiger partial charge in [0, 0.05) is 16.5 Å². The second-order valence-corrected chi connectivity index (χ2v) is 7.58. The van der Waals surface area contributed by atoms with Crippen molar-refractivity contribution in [1.82, 2.24) is 4.98 Å². The Morgan fingerprint density at radius 3 is 1.83 bits per heavy atom. The summed E-state index contributed by atoms with van der Waals surface area (Å²) in [5.41, 5.74) is 11.2. The quantitative estimate of drug-likeness (QED) is 0.332. The number of hydrogen-bond acceptors (Lipinski definition) is 0. The summed E-state index contributed by atoms with van der Waals surface area (Å²) in [7, 11) is 0. The van der Waals surface area contributed by atoms with Crippen LogP contribution in [0.2, 0.25) is 0 Å². The van der Waals surface area contributed by atoms with E-state index in [0.717, 1.165) is 0 Å². The third-order valence-corrected chi connectivity index (χ3v) is 5.85. The molecule has 29 heavy (non-hydrogen) atoms. The number of fused-ring (bicyclic) bond motifs is 1. The van der Waals surface area contributed by atoms with Gasteiger partial charge in [-0.3, -0.25) is 0 Å². The Hall–Kier alpha value is -3.58. The summed E-state index contributed by atoms with van der Waals surface area (Å²) in [6.45, 7) is 4.38. The van der Waals surface area contributed by atoms with Crippen LogP contribution in [0.4, 0.5) is 0 Å². The summed E-state index contributed by atoms with van der Waals surface area (Å²) >= 11 is 0. The number of aromatic nitrogens is 1. The van der Waals surface area contributed by atoms with Crippen molar-refractivity contribution in [3.8, 4) is 33.5 Å². The first-order valence-corrected chi connectivity index (χ1v) is 10.1. The lowest BCUT2D eigenvalue weighted by molar-refractivity contribution is 1.34. The van der Waals surface area contributed by atoms with Gasteiger partial charge in [-0.05, 0) is 47.2 Å². The van der Waals surface area contributed by atoms with E-state index in [-0.39, 0.29) is 0 Å². The summed E-state index contributed by atoms with van der Waals surface area (Å²) in [6, 6.07) is 34.5. The summed E-state index contributed by atoms with van der Waals surface area (Å²) in [5, 5.41) is 1.27. The summed E-state index contributed by atoms with van der Waals surface area (Å²) in [4.78, 5) is 3.77. The number of aryl methyl sites for hydroxylation is 2. The first-order chi connectivity index (χ1) is 14.2. The molecule has 0 aliphatic carbocycles. The molecule has 5 aromatic rings. The van der Waals surface area contributed by atoms with Crippen LogP contribution in [-0.4, -0.2) is 4.98 Å². The lowest BCUT2D eigenvalue weighted by Crippen LogP contribution is -1.87. The molecule has 1 aromatic heterocycles. The first kappa shape index (κ1) is 17.5. The van der Waals surface area contributed by atoms with Gasteiger partial charge in [0.15, 0.2) is 0 Å². The Balaban J connectivity index is 1.88. The molecule has 1 N–H and O–H groups in total. The molecule has 0 saturated carbocycles. The molecule has 1 heteroatoms. The van der Waals surface area contributed by atoms with Crippen LogP contribution in [-0.2, 0) is 0 Å². The van der Waals surface area contributed by atoms with E-state index in [2.05, 4.69) is 116 Å². The standard InChI is InChI=1S/C28H23N/c1-19-17-18-25-26(24-16-10-9-15-23(24)21-11-5-3-6-12-21)28(29-27(25)20(19)2)22-13-7-4-8-14-22/h3-18,29H,1-2H3. The van der Waals surface area contributed by atoms with Crippen LogP contribution in [0.1, 0.15) is 11.1 Å². The highest BCUT2D eigenvalue weighted by Crippen LogP contribution is 2.43. The van der Waals surface area contributed by atoms with Crippen LogP contribution in [0.25, 0.3) is 44.4 Å². The van der Waals surface area contributed by atoms with Crippen molar-refractivity contribution in [2.75, 3.05) is 0 Å². The topological polar surface area (TPSA) is 15.8 Å². The number of rotatable bonds is 3. The smallest absolute Gasteiger partial charge is 0.0544 e. The lowest BCUT2D eigenvalue weighted by atomic mass is 9.91. The molecule has 0 bridgehead atoms. The molecule has 0 spiro atoms. The third-order valence-electron chi connectivity index (χ3n) is 5.85. The fourth-order valence-electron chi connectivity index (χ4n) is 4.18. The molecule has 0 unspecified atom stereocenters. The van der Waals surface area contributed by atoms with E-state index in [1.807, 2.05) is 0 Å². The van der Waals surface area contributed by atoms with Crippen LogP contribution in [0.3, 0.4) is 0 Å². The van der Waals surface area contributed by atoms with Crippen molar-refractivity contribution < 1.29 is 0 Å². The fourth-order valence-corrected chi connectivity index (χ4v) is 4.18. The highest BCUT2D eigenvalue weighted by Gasteiger charge is 2.19. The van der Waals surface area contributed by atoms with Gasteiger partial charge in [-0.15, -0.1) is 0 Å². The van der Waals surface area contributed by atoms with E-state index >= 15 is 0 Å². The van der Waals surface area contributed by atoms with Gasteiger partial charge in [0.05, 0.1) is 5.69 Å². The normalized spacial score (nSPS) is 11.1. The maximum Gasteiger partial charge on any atom is 0.0544 e. The molecular formula is C28H23N. The molecule has 140 valence electrons. The molecule has 0 aliphatic rings. The Bertz CT molecular complexity index is 1290. The molecule has 1 heterocycles. The van der Waals surface area contributed by atoms with E-state index in [4.69, 9.17) is 0 Å². The first-order valence-electron chi connectivity index (χ1n) is 10.1. The molecule has 0 radical (unpaired) electrons. The van der Waals surface area contributed by atoms with E-state index in [1.165, 1.54) is 55.5 Å². The highest BCUT2D eigenvalue weighted by atomic mass is 14.7. The second-order valence-electron chi connectivity index (χ2n) is 7.58.